The Bertz CT molecular complexity index is 824. The van der Waals surface area contributed by atoms with Gasteiger partial charge in [-0.2, -0.15) is 0 Å². The average Bonchev–Trinajstić information content (AvgIpc) is 2.78. The van der Waals surface area contributed by atoms with Gasteiger partial charge >= 0.3 is 0 Å². The second kappa shape index (κ2) is 4.73. The van der Waals surface area contributed by atoms with E-state index >= 15 is 0 Å². The number of halogens is 2. The summed E-state index contributed by atoms with van der Waals surface area (Å²) in [6, 6.07) is 6.90. The van der Waals surface area contributed by atoms with Gasteiger partial charge in [0.1, 0.15) is 28.8 Å². The molecule has 0 unspecified atom stereocenters. The van der Waals surface area contributed by atoms with Gasteiger partial charge in [0.05, 0.1) is 5.69 Å². The Morgan fingerprint density at radius 2 is 1.90 bits per heavy atom. The van der Waals surface area contributed by atoms with Crippen molar-refractivity contribution >= 4 is 17.2 Å². The van der Waals surface area contributed by atoms with E-state index in [-0.39, 0.29) is 17.1 Å². The third-order valence-electron chi connectivity index (χ3n) is 3.34. The molecule has 0 saturated carbocycles. The molecule has 0 bridgehead atoms. The zero-order chi connectivity index (χ0) is 15.1. The lowest BCUT2D eigenvalue weighted by Gasteiger charge is -2.12. The number of nitrogens with zero attached hydrogens (tertiary/aromatic N) is 3. The summed E-state index contributed by atoms with van der Waals surface area (Å²) in [5.74, 6) is -0.811. The van der Waals surface area contributed by atoms with Crippen LogP contribution in [0.4, 0.5) is 20.3 Å². The van der Waals surface area contributed by atoms with Crippen LogP contribution in [0.5, 0.6) is 0 Å². The number of anilines is 2. The molecule has 6 heteroatoms. The maximum Gasteiger partial charge on any atom is 0.139 e. The van der Waals surface area contributed by atoms with E-state index in [4.69, 9.17) is 5.73 Å². The van der Waals surface area contributed by atoms with Crippen LogP contribution in [0.1, 0.15) is 0 Å². The summed E-state index contributed by atoms with van der Waals surface area (Å²) >= 11 is 0. The zero-order valence-corrected chi connectivity index (χ0v) is 11.6. The fourth-order valence-electron chi connectivity index (χ4n) is 2.19. The molecule has 3 rings (SSSR count). The molecule has 0 aliphatic carbocycles. The van der Waals surface area contributed by atoms with Gasteiger partial charge in [0.2, 0.25) is 0 Å². The summed E-state index contributed by atoms with van der Waals surface area (Å²) < 4.78 is 28.9. The van der Waals surface area contributed by atoms with Gasteiger partial charge in [-0.3, -0.25) is 4.40 Å². The second-order valence-corrected chi connectivity index (χ2v) is 4.98. The van der Waals surface area contributed by atoms with Crippen LogP contribution in [0.2, 0.25) is 0 Å². The largest absolute Gasteiger partial charge is 0.383 e. The van der Waals surface area contributed by atoms with Crippen LogP contribution in [0, 0.1) is 11.6 Å². The third-order valence-corrected chi connectivity index (χ3v) is 3.34. The molecular formula is C15H14F2N4. The SMILES string of the molecule is CN(C)c1ccc2nc(-c3cc(F)ccc3F)c(N)n2c1. The number of nitrogens with two attached hydrogens (primary N) is 1. The van der Waals surface area contributed by atoms with Crippen LogP contribution in [0.3, 0.4) is 0 Å². The van der Waals surface area contributed by atoms with Gasteiger partial charge in [-0.1, -0.05) is 0 Å². The van der Waals surface area contributed by atoms with E-state index in [1.165, 1.54) is 0 Å². The first-order valence-corrected chi connectivity index (χ1v) is 6.37. The molecule has 3 aromatic rings. The number of hydrogen-bond donors (Lipinski definition) is 1. The quantitative estimate of drug-likeness (QED) is 0.788. The van der Waals surface area contributed by atoms with Crippen LogP contribution in [0.25, 0.3) is 16.9 Å². The molecule has 2 aromatic heterocycles. The van der Waals surface area contributed by atoms with E-state index in [2.05, 4.69) is 4.98 Å². The molecule has 0 fully saturated rings. The molecule has 0 aliphatic heterocycles. The average molecular weight is 288 g/mol. The summed E-state index contributed by atoms with van der Waals surface area (Å²) in [6.45, 7) is 0. The van der Waals surface area contributed by atoms with Crippen molar-refractivity contribution in [1.82, 2.24) is 9.38 Å². The van der Waals surface area contributed by atoms with E-state index in [1.807, 2.05) is 25.1 Å². The van der Waals surface area contributed by atoms with Crippen LogP contribution in [-0.2, 0) is 0 Å². The molecule has 1 aromatic carbocycles. The predicted molar refractivity (Wildman–Crippen MR) is 79.3 cm³/mol. The number of fused-ring (bicyclic) bond motifs is 1. The fourth-order valence-corrected chi connectivity index (χ4v) is 2.19. The number of nitrogen functional groups attached to an aromatic ring is 1. The van der Waals surface area contributed by atoms with E-state index in [0.717, 1.165) is 23.9 Å². The standard InChI is InChI=1S/C15H14F2N4/c1-20(2)10-4-6-13-19-14(15(18)21(13)8-10)11-7-9(16)3-5-12(11)17/h3-8H,18H2,1-2H3. The Labute approximate surface area is 120 Å². The summed E-state index contributed by atoms with van der Waals surface area (Å²) in [5.41, 5.74) is 7.86. The maximum absolute atomic E-state index is 13.9. The van der Waals surface area contributed by atoms with Gasteiger partial charge in [-0.25, -0.2) is 13.8 Å². The van der Waals surface area contributed by atoms with Crippen molar-refractivity contribution in [2.24, 2.45) is 0 Å². The molecule has 0 aliphatic rings. The Balaban J connectivity index is 2.24. The topological polar surface area (TPSA) is 46.6 Å². The Morgan fingerprint density at radius 3 is 2.62 bits per heavy atom. The molecular weight excluding hydrogens is 274 g/mol. The minimum absolute atomic E-state index is 0.0580. The Kier molecular flexibility index (Phi) is 3.01. The summed E-state index contributed by atoms with van der Waals surface area (Å²) in [6.07, 6.45) is 1.80. The van der Waals surface area contributed by atoms with Crippen molar-refractivity contribution in [2.45, 2.75) is 0 Å². The molecule has 21 heavy (non-hydrogen) atoms. The predicted octanol–water partition coefficient (Wildman–Crippen LogP) is 2.93. The van der Waals surface area contributed by atoms with E-state index < -0.39 is 11.6 Å². The molecule has 2 N–H and O–H groups in total. The molecule has 4 nitrogen and oxygen atoms in total. The zero-order valence-electron chi connectivity index (χ0n) is 11.6. The number of aromatic nitrogens is 2. The van der Waals surface area contributed by atoms with Gasteiger partial charge in [0.15, 0.2) is 0 Å². The van der Waals surface area contributed by atoms with Crippen LogP contribution in [-0.4, -0.2) is 23.5 Å². The van der Waals surface area contributed by atoms with E-state index in [0.29, 0.717) is 5.65 Å². The van der Waals surface area contributed by atoms with Crippen LogP contribution in [0.15, 0.2) is 36.5 Å². The van der Waals surface area contributed by atoms with Gasteiger partial charge < -0.3 is 10.6 Å². The first-order valence-electron chi connectivity index (χ1n) is 6.37. The highest BCUT2D eigenvalue weighted by Crippen LogP contribution is 2.30. The number of benzene rings is 1. The van der Waals surface area contributed by atoms with Crippen LogP contribution >= 0.6 is 0 Å². The lowest BCUT2D eigenvalue weighted by atomic mass is 10.1. The summed E-state index contributed by atoms with van der Waals surface area (Å²) in [5, 5.41) is 0. The summed E-state index contributed by atoms with van der Waals surface area (Å²) in [4.78, 5) is 6.22. The van der Waals surface area contributed by atoms with Crippen molar-refractivity contribution in [2.75, 3.05) is 24.7 Å². The van der Waals surface area contributed by atoms with Crippen molar-refractivity contribution < 1.29 is 8.78 Å². The van der Waals surface area contributed by atoms with Gasteiger partial charge in [0, 0.05) is 25.9 Å². The Morgan fingerprint density at radius 1 is 1.14 bits per heavy atom. The van der Waals surface area contributed by atoms with Gasteiger partial charge in [-0.15, -0.1) is 0 Å². The molecule has 2 heterocycles. The minimum atomic E-state index is -0.556. The van der Waals surface area contributed by atoms with E-state index in [9.17, 15) is 8.78 Å². The lowest BCUT2D eigenvalue weighted by molar-refractivity contribution is 0.603. The molecule has 0 amide bonds. The van der Waals surface area contributed by atoms with Crippen molar-refractivity contribution in [3.05, 3.63) is 48.2 Å². The molecule has 108 valence electrons. The Hall–Kier alpha value is -2.63. The number of hydrogen-bond acceptors (Lipinski definition) is 3. The molecule has 0 atom stereocenters. The highest BCUT2D eigenvalue weighted by molar-refractivity contribution is 5.76. The van der Waals surface area contributed by atoms with Gasteiger partial charge in [-0.05, 0) is 30.3 Å². The van der Waals surface area contributed by atoms with E-state index in [1.54, 1.807) is 16.7 Å². The highest BCUT2D eigenvalue weighted by atomic mass is 19.1. The normalized spacial score (nSPS) is 11.0. The fraction of sp³-hybridized carbons (Fsp3) is 0.133. The maximum atomic E-state index is 13.9. The molecule has 0 radical (unpaired) electrons. The lowest BCUT2D eigenvalue weighted by Crippen LogP contribution is -2.09. The second-order valence-electron chi connectivity index (χ2n) is 4.98. The first-order chi connectivity index (χ1) is 9.97. The molecule has 0 spiro atoms. The summed E-state index contributed by atoms with van der Waals surface area (Å²) in [7, 11) is 3.81. The number of pyridine rings is 1. The number of imidazole rings is 1. The third kappa shape index (κ3) is 2.18. The van der Waals surface area contributed by atoms with Crippen LogP contribution < -0.4 is 10.6 Å². The van der Waals surface area contributed by atoms with Crippen molar-refractivity contribution in [3.63, 3.8) is 0 Å². The van der Waals surface area contributed by atoms with Crippen molar-refractivity contribution in [1.29, 1.82) is 0 Å². The highest BCUT2D eigenvalue weighted by Gasteiger charge is 2.16. The smallest absolute Gasteiger partial charge is 0.139 e. The van der Waals surface area contributed by atoms with Crippen molar-refractivity contribution in [3.8, 4) is 11.3 Å². The minimum Gasteiger partial charge on any atom is -0.383 e. The first kappa shape index (κ1) is 13.4. The molecule has 0 saturated heterocycles. The van der Waals surface area contributed by atoms with Gasteiger partial charge in [0.25, 0.3) is 0 Å². The number of rotatable bonds is 2. The monoisotopic (exact) mass is 288 g/mol.